The van der Waals surface area contributed by atoms with E-state index in [1.807, 2.05) is 13.0 Å². The van der Waals surface area contributed by atoms with Crippen molar-refractivity contribution in [1.82, 2.24) is 0 Å². The molecule has 5 heteroatoms. The first-order chi connectivity index (χ1) is 10.7. The van der Waals surface area contributed by atoms with Gasteiger partial charge in [-0.1, -0.05) is 31.6 Å². The Kier molecular flexibility index (Phi) is 2.90. The summed E-state index contributed by atoms with van der Waals surface area (Å²) in [6, 6.07) is 4.24. The molecule has 4 rings (SSSR count). The van der Waals surface area contributed by atoms with Gasteiger partial charge in [0.2, 0.25) is 0 Å². The van der Waals surface area contributed by atoms with Crippen LogP contribution in [0, 0.1) is 17.2 Å². The third kappa shape index (κ3) is 1.89. The Morgan fingerprint density at radius 3 is 2.78 bits per heavy atom. The Morgan fingerprint density at radius 2 is 2.04 bits per heavy atom. The lowest BCUT2D eigenvalue weighted by molar-refractivity contribution is 0.228. The first-order valence-corrected chi connectivity index (χ1v) is 9.37. The molecule has 23 heavy (non-hydrogen) atoms. The summed E-state index contributed by atoms with van der Waals surface area (Å²) in [6.45, 7) is 6.28. The van der Waals surface area contributed by atoms with Crippen molar-refractivity contribution >= 4 is 15.7 Å². The van der Waals surface area contributed by atoms with E-state index in [9.17, 15) is 12.8 Å². The lowest BCUT2D eigenvalue weighted by Crippen LogP contribution is -2.56. The van der Waals surface area contributed by atoms with Crippen LogP contribution in [-0.4, -0.2) is 14.5 Å². The molecule has 0 aromatic heterocycles. The molecule has 0 saturated carbocycles. The van der Waals surface area contributed by atoms with Gasteiger partial charge in [-0.15, -0.1) is 0 Å². The van der Waals surface area contributed by atoms with Crippen LogP contribution < -0.4 is 4.31 Å². The molecule has 1 aromatic carbocycles. The molecule has 3 aliphatic rings. The summed E-state index contributed by atoms with van der Waals surface area (Å²) in [5, 5.41) is 0. The van der Waals surface area contributed by atoms with Gasteiger partial charge in [0.1, 0.15) is 5.82 Å². The zero-order valence-electron chi connectivity index (χ0n) is 13.5. The number of nitrogens with zero attached hydrogens (tertiary/aromatic N) is 1. The molecule has 3 nitrogen and oxygen atoms in total. The Hall–Kier alpha value is -1.62. The number of fused-ring (bicyclic) bond motifs is 4. The Labute approximate surface area is 136 Å². The van der Waals surface area contributed by atoms with E-state index in [1.165, 1.54) is 17.7 Å². The molecular formula is C18H20FNO2S. The highest BCUT2D eigenvalue weighted by molar-refractivity contribution is 7.96. The van der Waals surface area contributed by atoms with E-state index in [2.05, 4.69) is 19.9 Å². The van der Waals surface area contributed by atoms with Crippen LogP contribution in [0.2, 0.25) is 0 Å². The summed E-state index contributed by atoms with van der Waals surface area (Å²) in [4.78, 5) is 0.501. The maximum absolute atomic E-state index is 13.6. The number of anilines is 1. The van der Waals surface area contributed by atoms with Gasteiger partial charge in [-0.2, -0.15) is 0 Å². The number of benzene rings is 1. The molecule has 1 aromatic rings. The van der Waals surface area contributed by atoms with Crippen LogP contribution in [0.3, 0.4) is 0 Å². The molecule has 1 saturated heterocycles. The van der Waals surface area contributed by atoms with Crippen LogP contribution in [-0.2, 0) is 16.4 Å². The number of hydrogen-bond donors (Lipinski definition) is 0. The van der Waals surface area contributed by atoms with E-state index < -0.39 is 10.0 Å². The molecule has 122 valence electrons. The van der Waals surface area contributed by atoms with Crippen molar-refractivity contribution in [3.05, 3.63) is 52.2 Å². The minimum absolute atomic E-state index is 0.110. The number of hydrogen-bond acceptors (Lipinski definition) is 2. The smallest absolute Gasteiger partial charge is 0.261 e. The maximum atomic E-state index is 13.6. The molecule has 0 spiro atoms. The number of rotatable bonds is 0. The van der Waals surface area contributed by atoms with E-state index in [0.29, 0.717) is 23.4 Å². The Bertz CT molecular complexity index is 867. The van der Waals surface area contributed by atoms with Crippen LogP contribution in [0.4, 0.5) is 10.1 Å². The third-order valence-corrected chi connectivity index (χ3v) is 7.56. The van der Waals surface area contributed by atoms with Gasteiger partial charge < -0.3 is 0 Å². The van der Waals surface area contributed by atoms with Crippen molar-refractivity contribution in [3.63, 3.8) is 0 Å². The van der Waals surface area contributed by atoms with Crippen molar-refractivity contribution < 1.29 is 12.8 Å². The van der Waals surface area contributed by atoms with Gasteiger partial charge in [0, 0.05) is 5.92 Å². The van der Waals surface area contributed by atoms with Crippen LogP contribution in [0.25, 0.3) is 0 Å². The third-order valence-electron chi connectivity index (χ3n) is 5.58. The molecule has 1 aliphatic carbocycles. The van der Waals surface area contributed by atoms with Crippen molar-refractivity contribution in [2.45, 2.75) is 39.7 Å². The second kappa shape index (κ2) is 4.47. The van der Waals surface area contributed by atoms with Crippen LogP contribution >= 0.6 is 0 Å². The van der Waals surface area contributed by atoms with E-state index in [1.54, 1.807) is 10.4 Å². The predicted molar refractivity (Wildman–Crippen MR) is 89.0 cm³/mol. The second-order valence-corrected chi connectivity index (χ2v) is 9.23. The average molecular weight is 333 g/mol. The van der Waals surface area contributed by atoms with Gasteiger partial charge in [0.15, 0.2) is 0 Å². The normalized spacial score (nSPS) is 30.0. The predicted octanol–water partition coefficient (Wildman–Crippen LogP) is 3.78. The topological polar surface area (TPSA) is 37.4 Å². The summed E-state index contributed by atoms with van der Waals surface area (Å²) in [5.41, 5.74) is 2.38. The lowest BCUT2D eigenvalue weighted by atomic mass is 9.69. The molecule has 2 atom stereocenters. The van der Waals surface area contributed by atoms with Crippen LogP contribution in [0.15, 0.2) is 40.8 Å². The summed E-state index contributed by atoms with van der Waals surface area (Å²) < 4.78 is 41.5. The number of allylic oxidation sites excluding steroid dienone is 4. The van der Waals surface area contributed by atoms with E-state index >= 15 is 0 Å². The number of sulfonamides is 1. The van der Waals surface area contributed by atoms with Crippen LogP contribution in [0.1, 0.15) is 32.8 Å². The molecule has 2 heterocycles. The second-order valence-electron chi connectivity index (χ2n) is 7.42. The highest BCUT2D eigenvalue weighted by Gasteiger charge is 2.56. The van der Waals surface area contributed by atoms with Gasteiger partial charge in [-0.25, -0.2) is 12.8 Å². The fraction of sp³-hybridized carbons (Fsp3) is 0.444. The quantitative estimate of drug-likeness (QED) is 0.678. The monoisotopic (exact) mass is 333 g/mol. The molecule has 1 fully saturated rings. The van der Waals surface area contributed by atoms with Crippen molar-refractivity contribution in [3.8, 4) is 0 Å². The van der Waals surface area contributed by atoms with Crippen LogP contribution in [0.5, 0.6) is 0 Å². The fourth-order valence-electron chi connectivity index (χ4n) is 4.25. The zero-order valence-corrected chi connectivity index (χ0v) is 14.3. The molecule has 2 aliphatic heterocycles. The maximum Gasteiger partial charge on any atom is 0.261 e. The van der Waals surface area contributed by atoms with Crippen molar-refractivity contribution in [2.24, 2.45) is 11.3 Å². The molecule has 0 radical (unpaired) electrons. The summed E-state index contributed by atoms with van der Waals surface area (Å²) in [7, 11) is -3.55. The largest absolute Gasteiger partial charge is 0.262 e. The highest BCUT2D eigenvalue weighted by Crippen LogP contribution is 2.55. The molecule has 0 amide bonds. The van der Waals surface area contributed by atoms with Gasteiger partial charge in [-0.3, -0.25) is 4.31 Å². The van der Waals surface area contributed by atoms with E-state index in [4.69, 9.17) is 0 Å². The summed E-state index contributed by atoms with van der Waals surface area (Å²) in [6.07, 6.45) is 5.20. The first-order valence-electron chi connectivity index (χ1n) is 7.93. The summed E-state index contributed by atoms with van der Waals surface area (Å²) in [5.74, 6) is -0.423. The lowest BCUT2D eigenvalue weighted by Gasteiger charge is -2.49. The van der Waals surface area contributed by atoms with Crippen molar-refractivity contribution in [2.75, 3.05) is 4.31 Å². The molecule has 0 N–H and O–H groups in total. The average Bonchev–Trinajstić information content (AvgIpc) is 2.86. The number of halogens is 1. The van der Waals surface area contributed by atoms with Crippen molar-refractivity contribution in [1.29, 1.82) is 0 Å². The summed E-state index contributed by atoms with van der Waals surface area (Å²) >= 11 is 0. The van der Waals surface area contributed by atoms with Gasteiger partial charge in [0.25, 0.3) is 10.0 Å². The van der Waals surface area contributed by atoms with Gasteiger partial charge >= 0.3 is 0 Å². The van der Waals surface area contributed by atoms with Gasteiger partial charge in [0.05, 0.1) is 16.6 Å². The minimum Gasteiger partial charge on any atom is -0.262 e. The van der Waals surface area contributed by atoms with Gasteiger partial charge in [-0.05, 0) is 48.9 Å². The van der Waals surface area contributed by atoms with E-state index in [-0.39, 0.29) is 23.2 Å². The molecular weight excluding hydrogens is 313 g/mol. The molecule has 0 bridgehead atoms. The standard InChI is InChI=1S/C18H20FNO2S/c1-11-4-7-16-14(8-11)18(2,3)17-10-12-9-13(19)5-6-15(12)20(17)23(16,21)22/h5-9,14,17H,4,10H2,1-3H3/t14-,17-/m1/s1. The zero-order chi connectivity index (χ0) is 16.6. The SMILES string of the molecule is CC1=C[C@@H]2C(=CC1)S(=O)(=O)N1c3ccc(F)cc3C[C@@H]1C2(C)C. The minimum atomic E-state index is -3.55. The Morgan fingerprint density at radius 1 is 1.30 bits per heavy atom. The fourth-order valence-corrected chi connectivity index (χ4v) is 6.58. The van der Waals surface area contributed by atoms with E-state index in [0.717, 1.165) is 5.56 Å². The Balaban J connectivity index is 1.94. The first kappa shape index (κ1) is 14.9. The molecule has 0 unspecified atom stereocenters. The highest BCUT2D eigenvalue weighted by atomic mass is 32.2.